The molecule has 0 spiro atoms. The summed E-state index contributed by atoms with van der Waals surface area (Å²) in [5, 5.41) is 7.28. The number of pyridine rings is 2. The third kappa shape index (κ3) is 4.51. The number of nitrogens with one attached hydrogen (secondary N) is 2. The third-order valence-corrected chi connectivity index (χ3v) is 7.31. The monoisotopic (exact) mass is 466 g/mol. The fraction of sp³-hybridized carbons (Fsp3) is 0.450. The Balaban J connectivity index is 1.42. The van der Waals surface area contributed by atoms with Crippen LogP contribution >= 0.6 is 0 Å². The average molecular weight is 467 g/mol. The molecule has 1 fully saturated rings. The van der Waals surface area contributed by atoms with Crippen molar-refractivity contribution in [3.63, 3.8) is 0 Å². The summed E-state index contributed by atoms with van der Waals surface area (Å²) in [6, 6.07) is 6.83. The molecule has 172 valence electrons. The summed E-state index contributed by atoms with van der Waals surface area (Å²) in [5.74, 6) is -2.45. The van der Waals surface area contributed by atoms with Gasteiger partial charge in [0.05, 0.1) is 6.54 Å². The molecule has 0 amide bonds. The molecule has 0 radical (unpaired) electrons. The minimum atomic E-state index is -4.02. The van der Waals surface area contributed by atoms with Crippen LogP contribution in [0.5, 0.6) is 0 Å². The topological polar surface area (TPSA) is 110 Å². The Morgan fingerprint density at radius 1 is 1.25 bits per heavy atom. The first kappa shape index (κ1) is 22.3. The van der Waals surface area contributed by atoms with Gasteiger partial charge in [-0.2, -0.15) is 0 Å². The molecule has 3 aromatic rings. The van der Waals surface area contributed by atoms with Gasteiger partial charge in [0.2, 0.25) is 15.9 Å². The van der Waals surface area contributed by atoms with Gasteiger partial charge in [-0.3, -0.25) is 4.40 Å². The molecule has 4 rings (SSSR count). The number of alkyl halides is 2. The van der Waals surface area contributed by atoms with E-state index in [0.717, 1.165) is 0 Å². The van der Waals surface area contributed by atoms with Crippen LogP contribution in [0, 0.1) is 6.92 Å². The maximum absolute atomic E-state index is 13.6. The second kappa shape index (κ2) is 7.93. The van der Waals surface area contributed by atoms with E-state index in [-0.39, 0.29) is 30.0 Å². The Hall–Kier alpha value is -2.86. The van der Waals surface area contributed by atoms with Gasteiger partial charge in [-0.25, -0.2) is 36.4 Å². The highest BCUT2D eigenvalue weighted by molar-refractivity contribution is 7.89. The van der Waals surface area contributed by atoms with Crippen LogP contribution in [0.3, 0.4) is 0 Å². The molecule has 1 aliphatic carbocycles. The highest BCUT2D eigenvalue weighted by Gasteiger charge is 2.48. The molecule has 1 atom stereocenters. The van der Waals surface area contributed by atoms with Crippen LogP contribution in [-0.2, 0) is 16.6 Å². The van der Waals surface area contributed by atoms with Crippen molar-refractivity contribution in [2.45, 2.75) is 56.0 Å². The van der Waals surface area contributed by atoms with Gasteiger partial charge in [0.1, 0.15) is 10.7 Å². The van der Waals surface area contributed by atoms with E-state index in [0.29, 0.717) is 23.6 Å². The second-order valence-electron chi connectivity index (χ2n) is 8.40. The van der Waals surface area contributed by atoms with Crippen molar-refractivity contribution < 1.29 is 17.2 Å². The number of sulfonamides is 1. The van der Waals surface area contributed by atoms with Gasteiger partial charge in [-0.1, -0.05) is 6.07 Å². The predicted octanol–water partition coefficient (Wildman–Crippen LogP) is 2.17. The molecule has 32 heavy (non-hydrogen) atoms. The van der Waals surface area contributed by atoms with E-state index in [4.69, 9.17) is 0 Å². The zero-order valence-corrected chi connectivity index (χ0v) is 18.5. The Bertz CT molecular complexity index is 1320. The summed E-state index contributed by atoms with van der Waals surface area (Å²) in [7, 11) is -4.02. The molecule has 2 N–H and O–H groups in total. The van der Waals surface area contributed by atoms with Gasteiger partial charge in [-0.05, 0) is 44.0 Å². The van der Waals surface area contributed by atoms with Gasteiger partial charge in [-0.15, -0.1) is 5.10 Å². The number of hydrogen-bond acceptors (Lipinski definition) is 6. The first-order chi connectivity index (χ1) is 15.0. The molecule has 1 aliphatic rings. The lowest BCUT2D eigenvalue weighted by molar-refractivity contribution is 0.00331. The van der Waals surface area contributed by atoms with E-state index in [1.807, 2.05) is 0 Å². The number of anilines is 1. The van der Waals surface area contributed by atoms with E-state index in [1.165, 1.54) is 22.2 Å². The molecule has 0 bridgehead atoms. The van der Waals surface area contributed by atoms with Crippen LogP contribution in [0.4, 0.5) is 14.6 Å². The quantitative estimate of drug-likeness (QED) is 0.552. The first-order valence-electron chi connectivity index (χ1n) is 10.1. The van der Waals surface area contributed by atoms with Crippen molar-refractivity contribution in [2.75, 3.05) is 11.9 Å². The Kier molecular flexibility index (Phi) is 5.53. The van der Waals surface area contributed by atoms with Crippen LogP contribution in [0.1, 0.15) is 31.7 Å². The molecule has 3 aromatic heterocycles. The van der Waals surface area contributed by atoms with Gasteiger partial charge in [0.15, 0.2) is 5.65 Å². The van der Waals surface area contributed by atoms with E-state index >= 15 is 0 Å². The van der Waals surface area contributed by atoms with Gasteiger partial charge >= 0.3 is 5.69 Å². The van der Waals surface area contributed by atoms with Crippen molar-refractivity contribution >= 4 is 21.5 Å². The van der Waals surface area contributed by atoms with Crippen LogP contribution in [-0.4, -0.2) is 45.6 Å². The highest BCUT2D eigenvalue weighted by atomic mass is 32.2. The molecule has 9 nitrogen and oxygen atoms in total. The summed E-state index contributed by atoms with van der Waals surface area (Å²) < 4.78 is 58.0. The number of halogens is 2. The van der Waals surface area contributed by atoms with Crippen LogP contribution in [0.25, 0.3) is 5.65 Å². The smallest absolute Gasteiger partial charge is 0.350 e. The van der Waals surface area contributed by atoms with E-state index < -0.39 is 27.9 Å². The minimum Gasteiger partial charge on any atom is -0.368 e. The number of hydrogen-bond donors (Lipinski definition) is 2. The molecule has 0 aliphatic heterocycles. The molecular weight excluding hydrogens is 442 g/mol. The first-order valence-corrected chi connectivity index (χ1v) is 11.6. The van der Waals surface area contributed by atoms with Gasteiger partial charge in [0.25, 0.3) is 0 Å². The van der Waals surface area contributed by atoms with Gasteiger partial charge < -0.3 is 5.32 Å². The summed E-state index contributed by atoms with van der Waals surface area (Å²) in [4.78, 5) is 16.4. The predicted molar refractivity (Wildman–Crippen MR) is 114 cm³/mol. The lowest BCUT2D eigenvalue weighted by Gasteiger charge is -2.25. The van der Waals surface area contributed by atoms with Crippen LogP contribution < -0.4 is 15.7 Å². The zero-order chi connectivity index (χ0) is 23.1. The van der Waals surface area contributed by atoms with E-state index in [9.17, 15) is 22.0 Å². The summed E-state index contributed by atoms with van der Waals surface area (Å²) in [6.07, 6.45) is 2.02. The zero-order valence-electron chi connectivity index (χ0n) is 17.7. The Morgan fingerprint density at radius 3 is 2.69 bits per heavy atom. The molecule has 12 heteroatoms. The van der Waals surface area contributed by atoms with Crippen LogP contribution in [0.2, 0.25) is 0 Å². The molecule has 0 aromatic carbocycles. The fourth-order valence-corrected chi connectivity index (χ4v) is 5.61. The summed E-state index contributed by atoms with van der Waals surface area (Å²) in [5.41, 5.74) is -0.493. The SMILES string of the molecule is Cc1cc(NCCn2nc3ccccn3c2=O)ncc1S(=O)(=O)NC1(C)CCC(F)(F)C1. The minimum absolute atomic E-state index is 0.0592. The number of aryl methyl sites for hydroxylation is 1. The van der Waals surface area contributed by atoms with E-state index in [1.54, 1.807) is 37.4 Å². The second-order valence-corrected chi connectivity index (χ2v) is 10.0. The fourth-order valence-electron chi connectivity index (χ4n) is 4.00. The average Bonchev–Trinajstić information content (AvgIpc) is 3.16. The summed E-state index contributed by atoms with van der Waals surface area (Å²) in [6.45, 7) is 3.73. The summed E-state index contributed by atoms with van der Waals surface area (Å²) >= 11 is 0. The maximum atomic E-state index is 13.6. The Labute approximate surface area is 183 Å². The standard InChI is InChI=1S/C20H24F2N6O3S/c1-14-11-16(23-8-10-28-18(29)27-9-4-3-5-17(27)25-28)24-12-15(14)32(30,31)26-19(2)6-7-20(21,22)13-19/h3-5,9,11-12,26H,6-8,10,13H2,1-2H3,(H,23,24). The molecule has 1 saturated carbocycles. The van der Waals surface area contributed by atoms with Crippen molar-refractivity contribution in [3.8, 4) is 0 Å². The van der Waals surface area contributed by atoms with Crippen LogP contribution in [0.15, 0.2) is 46.3 Å². The molecule has 1 unspecified atom stereocenters. The number of aromatic nitrogens is 4. The van der Waals surface area contributed by atoms with Crippen molar-refractivity contribution in [3.05, 3.63) is 52.7 Å². The number of fused-ring (bicyclic) bond motifs is 1. The molecule has 0 saturated heterocycles. The lowest BCUT2D eigenvalue weighted by atomic mass is 10.0. The lowest BCUT2D eigenvalue weighted by Crippen LogP contribution is -2.44. The van der Waals surface area contributed by atoms with E-state index in [2.05, 4.69) is 20.1 Å². The third-order valence-electron chi connectivity index (χ3n) is 5.54. The maximum Gasteiger partial charge on any atom is 0.350 e. The molecule has 3 heterocycles. The number of nitrogens with zero attached hydrogens (tertiary/aromatic N) is 4. The number of rotatable bonds is 7. The van der Waals surface area contributed by atoms with Crippen molar-refractivity contribution in [1.29, 1.82) is 0 Å². The van der Waals surface area contributed by atoms with Crippen molar-refractivity contribution in [2.24, 2.45) is 0 Å². The largest absolute Gasteiger partial charge is 0.368 e. The highest BCUT2D eigenvalue weighted by Crippen LogP contribution is 2.42. The van der Waals surface area contributed by atoms with Gasteiger partial charge in [0, 0.05) is 37.3 Å². The normalized spacial score (nSPS) is 20.6. The Morgan fingerprint density at radius 2 is 2.03 bits per heavy atom. The molecular formula is C20H24F2N6O3S. The van der Waals surface area contributed by atoms with Crippen molar-refractivity contribution in [1.82, 2.24) is 23.9 Å².